The number of hydrogen-bond donors (Lipinski definition) is 2. The largest absolute Gasteiger partial charge is 0.494 e. The third-order valence-electron chi connectivity index (χ3n) is 3.63. The van der Waals surface area contributed by atoms with E-state index in [0.717, 1.165) is 0 Å². The third-order valence-corrected chi connectivity index (χ3v) is 3.63. The molecule has 1 aromatic rings. The number of ether oxygens (including phenoxy) is 2. The molecule has 0 bridgehead atoms. The molecule has 7 heteroatoms. The van der Waals surface area contributed by atoms with Gasteiger partial charge in [0.1, 0.15) is 11.6 Å². The molecule has 1 aliphatic heterocycles. The highest BCUT2D eigenvalue weighted by Crippen LogP contribution is 2.23. The summed E-state index contributed by atoms with van der Waals surface area (Å²) in [6, 6.07) is 5.65. The van der Waals surface area contributed by atoms with E-state index in [1.807, 2.05) is 0 Å². The van der Waals surface area contributed by atoms with Crippen LogP contribution < -0.4 is 10.1 Å². The Kier molecular flexibility index (Phi) is 5.92. The first-order valence-corrected chi connectivity index (χ1v) is 7.48. The molecule has 1 fully saturated rings. The maximum absolute atomic E-state index is 12.7. The Hall–Kier alpha value is -2.15. The topological polar surface area (TPSA) is 84.9 Å². The monoisotopic (exact) mass is 325 g/mol. The van der Waals surface area contributed by atoms with E-state index in [9.17, 15) is 14.0 Å². The van der Waals surface area contributed by atoms with Crippen molar-refractivity contribution in [2.75, 3.05) is 19.8 Å². The smallest absolute Gasteiger partial charge is 0.305 e. The Balaban J connectivity index is 1.71. The van der Waals surface area contributed by atoms with Gasteiger partial charge in [-0.15, -0.1) is 0 Å². The van der Waals surface area contributed by atoms with Crippen LogP contribution in [0.1, 0.15) is 25.7 Å². The van der Waals surface area contributed by atoms with Crippen LogP contribution in [-0.4, -0.2) is 42.3 Å². The fraction of sp³-hybridized carbons (Fsp3) is 0.500. The number of carboxylic acids is 1. The number of benzene rings is 1. The number of aliphatic carboxylic acids is 1. The minimum Gasteiger partial charge on any atom is -0.494 e. The van der Waals surface area contributed by atoms with Crippen molar-refractivity contribution in [3.8, 4) is 5.75 Å². The van der Waals surface area contributed by atoms with E-state index >= 15 is 0 Å². The van der Waals surface area contributed by atoms with Crippen LogP contribution in [0.2, 0.25) is 0 Å². The van der Waals surface area contributed by atoms with E-state index in [-0.39, 0.29) is 31.2 Å². The molecule has 6 nitrogen and oxygen atoms in total. The number of hydrogen-bond acceptors (Lipinski definition) is 4. The Labute approximate surface area is 133 Å². The van der Waals surface area contributed by atoms with Crippen molar-refractivity contribution in [1.29, 1.82) is 0 Å². The van der Waals surface area contributed by atoms with Gasteiger partial charge in [-0.3, -0.25) is 9.59 Å². The number of carboxylic acid groups (broad SMARTS) is 1. The van der Waals surface area contributed by atoms with Crippen molar-refractivity contribution in [3.05, 3.63) is 30.1 Å². The highest BCUT2D eigenvalue weighted by molar-refractivity contribution is 5.78. The second-order valence-corrected chi connectivity index (χ2v) is 5.61. The fourth-order valence-corrected chi connectivity index (χ4v) is 2.49. The van der Waals surface area contributed by atoms with Gasteiger partial charge in [-0.1, -0.05) is 0 Å². The van der Waals surface area contributed by atoms with Gasteiger partial charge in [0.15, 0.2) is 0 Å². The summed E-state index contributed by atoms with van der Waals surface area (Å²) in [4.78, 5) is 22.9. The summed E-state index contributed by atoms with van der Waals surface area (Å²) in [5, 5.41) is 11.7. The lowest BCUT2D eigenvalue weighted by Crippen LogP contribution is -2.50. The van der Waals surface area contributed by atoms with Crippen LogP contribution in [0.15, 0.2) is 24.3 Å². The Bertz CT molecular complexity index is 540. The molecule has 23 heavy (non-hydrogen) atoms. The summed E-state index contributed by atoms with van der Waals surface area (Å²) < 4.78 is 23.4. The molecule has 0 spiro atoms. The van der Waals surface area contributed by atoms with Crippen LogP contribution in [0.25, 0.3) is 0 Å². The van der Waals surface area contributed by atoms with Gasteiger partial charge in [0, 0.05) is 13.0 Å². The van der Waals surface area contributed by atoms with Gasteiger partial charge in [-0.25, -0.2) is 4.39 Å². The molecular weight excluding hydrogens is 305 g/mol. The lowest BCUT2D eigenvalue weighted by atomic mass is 9.94. The van der Waals surface area contributed by atoms with Crippen molar-refractivity contribution in [3.63, 3.8) is 0 Å². The van der Waals surface area contributed by atoms with E-state index in [1.165, 1.54) is 24.3 Å². The van der Waals surface area contributed by atoms with Gasteiger partial charge >= 0.3 is 5.97 Å². The van der Waals surface area contributed by atoms with Crippen molar-refractivity contribution in [1.82, 2.24) is 5.32 Å². The molecule has 1 saturated heterocycles. The second-order valence-electron chi connectivity index (χ2n) is 5.61. The maximum atomic E-state index is 12.7. The molecule has 2 rings (SSSR count). The van der Waals surface area contributed by atoms with Crippen LogP contribution in [0, 0.1) is 5.82 Å². The Morgan fingerprint density at radius 3 is 2.70 bits per heavy atom. The minimum absolute atomic E-state index is 0.148. The predicted molar refractivity (Wildman–Crippen MR) is 79.7 cm³/mol. The van der Waals surface area contributed by atoms with Crippen molar-refractivity contribution < 1.29 is 28.6 Å². The van der Waals surface area contributed by atoms with E-state index in [0.29, 0.717) is 31.8 Å². The SMILES string of the molecule is O=C(O)CC1(NC(=O)CCCOc2ccc(F)cc2)CCOC1. The number of rotatable bonds is 8. The molecular formula is C16H20FNO5. The zero-order valence-corrected chi connectivity index (χ0v) is 12.7. The molecule has 0 radical (unpaired) electrons. The lowest BCUT2D eigenvalue weighted by molar-refractivity contribution is -0.139. The van der Waals surface area contributed by atoms with E-state index in [1.54, 1.807) is 0 Å². The molecule has 1 heterocycles. The summed E-state index contributed by atoms with van der Waals surface area (Å²) in [5.41, 5.74) is -0.805. The summed E-state index contributed by atoms with van der Waals surface area (Å²) in [7, 11) is 0. The number of carbonyl (C=O) groups is 2. The second kappa shape index (κ2) is 7.92. The molecule has 1 aromatic carbocycles. The Morgan fingerprint density at radius 2 is 2.09 bits per heavy atom. The zero-order chi connectivity index (χ0) is 16.7. The number of halogens is 1. The lowest BCUT2D eigenvalue weighted by Gasteiger charge is -2.27. The minimum atomic E-state index is -0.963. The van der Waals surface area contributed by atoms with E-state index in [4.69, 9.17) is 14.6 Å². The molecule has 1 unspecified atom stereocenters. The van der Waals surface area contributed by atoms with Crippen LogP contribution in [0.5, 0.6) is 5.75 Å². The maximum Gasteiger partial charge on any atom is 0.305 e. The van der Waals surface area contributed by atoms with Crippen LogP contribution in [0.3, 0.4) is 0 Å². The van der Waals surface area contributed by atoms with E-state index in [2.05, 4.69) is 5.32 Å². The molecule has 2 N–H and O–H groups in total. The molecule has 1 amide bonds. The highest BCUT2D eigenvalue weighted by Gasteiger charge is 2.38. The van der Waals surface area contributed by atoms with E-state index < -0.39 is 11.5 Å². The van der Waals surface area contributed by atoms with Crippen molar-refractivity contribution >= 4 is 11.9 Å². The summed E-state index contributed by atoms with van der Waals surface area (Å²) in [5.74, 6) is -0.979. The quantitative estimate of drug-likeness (QED) is 0.711. The van der Waals surface area contributed by atoms with Crippen molar-refractivity contribution in [2.45, 2.75) is 31.2 Å². The first-order valence-electron chi connectivity index (χ1n) is 7.48. The van der Waals surface area contributed by atoms with Gasteiger partial charge in [0.05, 0.1) is 25.2 Å². The average molecular weight is 325 g/mol. The van der Waals surface area contributed by atoms with Gasteiger partial charge in [0.25, 0.3) is 0 Å². The molecule has 1 atom stereocenters. The number of amides is 1. The van der Waals surface area contributed by atoms with Gasteiger partial charge < -0.3 is 19.9 Å². The van der Waals surface area contributed by atoms with Gasteiger partial charge in [-0.05, 0) is 37.1 Å². The summed E-state index contributed by atoms with van der Waals surface area (Å²) >= 11 is 0. The third kappa shape index (κ3) is 5.52. The predicted octanol–water partition coefficient (Wildman–Crippen LogP) is 1.73. The molecule has 126 valence electrons. The van der Waals surface area contributed by atoms with Gasteiger partial charge in [-0.2, -0.15) is 0 Å². The number of nitrogens with one attached hydrogen (secondary N) is 1. The number of carbonyl (C=O) groups excluding carboxylic acids is 1. The van der Waals surface area contributed by atoms with Crippen LogP contribution in [0.4, 0.5) is 4.39 Å². The van der Waals surface area contributed by atoms with Crippen LogP contribution in [-0.2, 0) is 14.3 Å². The van der Waals surface area contributed by atoms with Crippen molar-refractivity contribution in [2.24, 2.45) is 0 Å². The fourth-order valence-electron chi connectivity index (χ4n) is 2.49. The first kappa shape index (κ1) is 17.2. The molecule has 0 saturated carbocycles. The highest BCUT2D eigenvalue weighted by atomic mass is 19.1. The Morgan fingerprint density at radius 1 is 1.35 bits per heavy atom. The normalized spacial score (nSPS) is 20.2. The van der Waals surface area contributed by atoms with Gasteiger partial charge in [0.2, 0.25) is 5.91 Å². The standard InChI is InChI=1S/C16H20FNO5/c17-12-3-5-13(6-4-12)23-8-1-2-14(19)18-16(10-15(20)21)7-9-22-11-16/h3-6H,1-2,7-11H2,(H,18,19)(H,20,21). The summed E-state index contributed by atoms with van der Waals surface area (Å²) in [6.45, 7) is 0.986. The average Bonchev–Trinajstić information content (AvgIpc) is 2.92. The zero-order valence-electron chi connectivity index (χ0n) is 12.7. The molecule has 0 aromatic heterocycles. The van der Waals surface area contributed by atoms with Crippen LogP contribution >= 0.6 is 0 Å². The first-order chi connectivity index (χ1) is 11.0. The molecule has 0 aliphatic carbocycles. The molecule has 1 aliphatic rings. The summed E-state index contributed by atoms with van der Waals surface area (Å²) in [6.07, 6.45) is 1.05.